The summed E-state index contributed by atoms with van der Waals surface area (Å²) in [5, 5.41) is 11.7. The zero-order chi connectivity index (χ0) is 13.9. The fraction of sp³-hybridized carbons (Fsp3) is 0.0833. The summed E-state index contributed by atoms with van der Waals surface area (Å²) in [6, 6.07) is 7.10. The Morgan fingerprint density at radius 2 is 2.00 bits per heavy atom. The Kier molecular flexibility index (Phi) is 3.13. The van der Waals surface area contributed by atoms with Crippen molar-refractivity contribution >= 4 is 22.7 Å². The van der Waals surface area contributed by atoms with Gasteiger partial charge in [0.15, 0.2) is 11.5 Å². The van der Waals surface area contributed by atoms with Crippen molar-refractivity contribution in [3.05, 3.63) is 42.2 Å². The number of benzene rings is 1. The monoisotopic (exact) mass is 274 g/mol. The van der Waals surface area contributed by atoms with Gasteiger partial charge in [-0.1, -0.05) is 12.1 Å². The van der Waals surface area contributed by atoms with E-state index in [0.29, 0.717) is 23.6 Å². The summed E-state index contributed by atoms with van der Waals surface area (Å²) in [6.45, 7) is 0.455. The van der Waals surface area contributed by atoms with E-state index in [0.717, 1.165) is 5.56 Å². The summed E-state index contributed by atoms with van der Waals surface area (Å²) in [6.07, 6.45) is 0.609. The molecule has 3 aromatic rings. The lowest BCUT2D eigenvalue weighted by Gasteiger charge is -2.07. The highest BCUT2D eigenvalue weighted by Gasteiger charge is 2.09. The van der Waals surface area contributed by atoms with Gasteiger partial charge in [-0.2, -0.15) is 14.4 Å². The van der Waals surface area contributed by atoms with Gasteiger partial charge in [-0.05, 0) is 17.7 Å². The van der Waals surface area contributed by atoms with E-state index in [4.69, 9.17) is 5.21 Å². The SMILES string of the molecule is ONc1ccc(CNc2nc(F)nc3nc[nH]c23)cc1. The van der Waals surface area contributed by atoms with Crippen LogP contribution in [0.3, 0.4) is 0 Å². The summed E-state index contributed by atoms with van der Waals surface area (Å²) >= 11 is 0. The fourth-order valence-corrected chi connectivity index (χ4v) is 1.82. The number of fused-ring (bicyclic) bond motifs is 1. The van der Waals surface area contributed by atoms with Crippen molar-refractivity contribution in [2.75, 3.05) is 10.8 Å². The quantitative estimate of drug-likeness (QED) is 0.428. The molecule has 0 saturated heterocycles. The van der Waals surface area contributed by atoms with E-state index in [1.54, 1.807) is 12.1 Å². The molecule has 20 heavy (non-hydrogen) atoms. The molecule has 0 unspecified atom stereocenters. The third-order valence-corrected chi connectivity index (χ3v) is 2.80. The molecular formula is C12H11FN6O. The summed E-state index contributed by atoms with van der Waals surface area (Å²) < 4.78 is 13.2. The van der Waals surface area contributed by atoms with E-state index >= 15 is 0 Å². The van der Waals surface area contributed by atoms with Gasteiger partial charge in [0.05, 0.1) is 12.0 Å². The van der Waals surface area contributed by atoms with Gasteiger partial charge in [0, 0.05) is 6.54 Å². The summed E-state index contributed by atoms with van der Waals surface area (Å²) in [5.74, 6) is 0.356. The average Bonchev–Trinajstić information content (AvgIpc) is 2.93. The number of aromatic nitrogens is 4. The Morgan fingerprint density at radius 3 is 2.75 bits per heavy atom. The third kappa shape index (κ3) is 2.36. The normalized spacial score (nSPS) is 10.7. The maximum Gasteiger partial charge on any atom is 0.312 e. The molecular weight excluding hydrogens is 263 g/mol. The number of hydrogen-bond acceptors (Lipinski definition) is 6. The molecule has 0 aliphatic heterocycles. The molecule has 0 saturated carbocycles. The van der Waals surface area contributed by atoms with Crippen molar-refractivity contribution in [1.82, 2.24) is 19.9 Å². The van der Waals surface area contributed by atoms with Gasteiger partial charge in [-0.3, -0.25) is 10.7 Å². The zero-order valence-corrected chi connectivity index (χ0v) is 10.3. The first-order chi connectivity index (χ1) is 9.76. The second kappa shape index (κ2) is 5.10. The summed E-state index contributed by atoms with van der Waals surface area (Å²) in [5.41, 5.74) is 4.44. The molecule has 2 aromatic heterocycles. The number of H-pyrrole nitrogens is 1. The largest absolute Gasteiger partial charge is 0.364 e. The maximum absolute atomic E-state index is 13.2. The van der Waals surface area contributed by atoms with Crippen LogP contribution >= 0.6 is 0 Å². The van der Waals surface area contributed by atoms with E-state index in [2.05, 4.69) is 30.7 Å². The summed E-state index contributed by atoms with van der Waals surface area (Å²) in [7, 11) is 0. The van der Waals surface area contributed by atoms with Gasteiger partial charge < -0.3 is 10.3 Å². The second-order valence-corrected chi connectivity index (χ2v) is 4.10. The van der Waals surface area contributed by atoms with Crippen LogP contribution in [-0.4, -0.2) is 25.1 Å². The highest BCUT2D eigenvalue weighted by atomic mass is 19.1. The van der Waals surface area contributed by atoms with Crippen LogP contribution in [0.1, 0.15) is 5.56 Å². The number of aromatic amines is 1. The van der Waals surface area contributed by atoms with Crippen LogP contribution in [0, 0.1) is 6.08 Å². The second-order valence-electron chi connectivity index (χ2n) is 4.10. The standard InChI is InChI=1S/C12H11FN6O/c13-12-17-10(9-11(18-12)16-6-15-9)14-5-7-1-3-8(19-20)4-2-7/h1-4,6,19-20H,5H2,(H2,14,15,16,17,18). The van der Waals surface area contributed by atoms with Gasteiger partial charge in [0.25, 0.3) is 0 Å². The molecule has 0 aliphatic carbocycles. The minimum atomic E-state index is -0.827. The van der Waals surface area contributed by atoms with Gasteiger partial charge in [-0.25, -0.2) is 4.98 Å². The predicted octanol–water partition coefficient (Wildman–Crippen LogP) is 1.91. The smallest absolute Gasteiger partial charge is 0.312 e. The molecule has 0 radical (unpaired) electrons. The topological polar surface area (TPSA) is 98.8 Å². The maximum atomic E-state index is 13.2. The number of halogens is 1. The van der Waals surface area contributed by atoms with Crippen LogP contribution in [0.5, 0.6) is 0 Å². The van der Waals surface area contributed by atoms with Crippen LogP contribution in [0.2, 0.25) is 0 Å². The first-order valence-electron chi connectivity index (χ1n) is 5.86. The van der Waals surface area contributed by atoms with Crippen LogP contribution < -0.4 is 10.8 Å². The zero-order valence-electron chi connectivity index (χ0n) is 10.3. The predicted molar refractivity (Wildman–Crippen MR) is 70.8 cm³/mol. The molecule has 0 aliphatic rings. The molecule has 7 nitrogen and oxygen atoms in total. The van der Waals surface area contributed by atoms with E-state index in [9.17, 15) is 4.39 Å². The van der Waals surface area contributed by atoms with Gasteiger partial charge in [0.2, 0.25) is 0 Å². The molecule has 8 heteroatoms. The third-order valence-electron chi connectivity index (χ3n) is 2.80. The van der Waals surface area contributed by atoms with Crippen molar-refractivity contribution in [3.63, 3.8) is 0 Å². The molecule has 102 valence electrons. The molecule has 0 spiro atoms. The van der Waals surface area contributed by atoms with Crippen molar-refractivity contribution in [3.8, 4) is 0 Å². The minimum Gasteiger partial charge on any atom is -0.364 e. The van der Waals surface area contributed by atoms with Crippen molar-refractivity contribution < 1.29 is 9.60 Å². The van der Waals surface area contributed by atoms with E-state index in [-0.39, 0.29) is 5.65 Å². The number of hydrogen-bond donors (Lipinski definition) is 4. The molecule has 1 aromatic carbocycles. The highest BCUT2D eigenvalue weighted by molar-refractivity contribution is 5.81. The lowest BCUT2D eigenvalue weighted by molar-refractivity contribution is 0.389. The molecule has 3 rings (SSSR count). The number of nitrogens with zero attached hydrogens (tertiary/aromatic N) is 3. The Morgan fingerprint density at radius 1 is 1.20 bits per heavy atom. The number of rotatable bonds is 4. The van der Waals surface area contributed by atoms with E-state index in [1.807, 2.05) is 12.1 Å². The van der Waals surface area contributed by atoms with Crippen molar-refractivity contribution in [1.29, 1.82) is 0 Å². The molecule has 4 N–H and O–H groups in total. The number of imidazole rings is 1. The summed E-state index contributed by atoms with van der Waals surface area (Å²) in [4.78, 5) is 14.0. The Labute approximate surface area is 112 Å². The van der Waals surface area contributed by atoms with Gasteiger partial charge in [-0.15, -0.1) is 0 Å². The van der Waals surface area contributed by atoms with E-state index < -0.39 is 6.08 Å². The number of nitrogens with one attached hydrogen (secondary N) is 3. The highest BCUT2D eigenvalue weighted by Crippen LogP contribution is 2.17. The van der Waals surface area contributed by atoms with E-state index in [1.165, 1.54) is 6.33 Å². The van der Waals surface area contributed by atoms with Crippen LogP contribution in [-0.2, 0) is 6.54 Å². The van der Waals surface area contributed by atoms with Crippen molar-refractivity contribution in [2.45, 2.75) is 6.54 Å². The van der Waals surface area contributed by atoms with Crippen LogP contribution in [0.4, 0.5) is 15.9 Å². The van der Waals surface area contributed by atoms with Crippen LogP contribution in [0.15, 0.2) is 30.6 Å². The fourth-order valence-electron chi connectivity index (χ4n) is 1.82. The number of anilines is 2. The average molecular weight is 274 g/mol. The Hall–Kier alpha value is -2.74. The first kappa shape index (κ1) is 12.3. The molecule has 2 heterocycles. The molecule has 0 amide bonds. The molecule has 0 atom stereocenters. The Bertz CT molecular complexity index is 726. The van der Waals surface area contributed by atoms with Gasteiger partial charge >= 0.3 is 6.08 Å². The Balaban J connectivity index is 1.80. The molecule has 0 bridgehead atoms. The van der Waals surface area contributed by atoms with Crippen LogP contribution in [0.25, 0.3) is 11.2 Å². The van der Waals surface area contributed by atoms with Gasteiger partial charge in [0.1, 0.15) is 5.52 Å². The van der Waals surface area contributed by atoms with Crippen molar-refractivity contribution in [2.24, 2.45) is 0 Å². The lowest BCUT2D eigenvalue weighted by Crippen LogP contribution is -2.04. The minimum absolute atomic E-state index is 0.278. The molecule has 0 fully saturated rings. The lowest BCUT2D eigenvalue weighted by atomic mass is 10.2. The first-order valence-corrected chi connectivity index (χ1v) is 5.86.